The Morgan fingerprint density at radius 1 is 1.00 bits per heavy atom. The van der Waals surface area contributed by atoms with Crippen molar-refractivity contribution in [3.63, 3.8) is 0 Å². The number of hydrogen-bond donors (Lipinski definition) is 0. The van der Waals surface area contributed by atoms with Crippen LogP contribution in [0, 0.1) is 5.41 Å². The van der Waals surface area contributed by atoms with Gasteiger partial charge >= 0.3 is 0 Å². The maximum absolute atomic E-state index is 12.9. The number of benzene rings is 1. The minimum atomic E-state index is -0.0261. The molecule has 27 heavy (non-hydrogen) atoms. The summed E-state index contributed by atoms with van der Waals surface area (Å²) in [5, 5.41) is 0. The molecule has 1 aromatic rings. The normalized spacial score (nSPS) is 17.8. The molecule has 146 valence electrons. The van der Waals surface area contributed by atoms with Crippen LogP contribution in [0.5, 0.6) is 0 Å². The summed E-state index contributed by atoms with van der Waals surface area (Å²) in [6.45, 7) is 8.48. The number of nitrogens with zero attached hydrogens (tertiary/aromatic N) is 3. The van der Waals surface area contributed by atoms with Gasteiger partial charge in [0.2, 0.25) is 11.8 Å². The van der Waals surface area contributed by atoms with E-state index in [1.54, 1.807) is 18.0 Å². The lowest BCUT2D eigenvalue weighted by Gasteiger charge is -2.36. The van der Waals surface area contributed by atoms with E-state index in [1.165, 1.54) is 0 Å². The molecule has 2 aliphatic rings. The molecular formula is C21H29N3O3. The van der Waals surface area contributed by atoms with Crippen LogP contribution in [0.3, 0.4) is 0 Å². The maximum Gasteiger partial charge on any atom is 0.253 e. The first-order chi connectivity index (χ1) is 12.7. The Balaban J connectivity index is 1.63. The number of hydrogen-bond acceptors (Lipinski definition) is 3. The lowest BCUT2D eigenvalue weighted by Crippen LogP contribution is -2.51. The Morgan fingerprint density at radius 3 is 2.26 bits per heavy atom. The Labute approximate surface area is 161 Å². The van der Waals surface area contributed by atoms with Crippen molar-refractivity contribution in [3.05, 3.63) is 29.3 Å². The quantitative estimate of drug-likeness (QED) is 0.802. The highest BCUT2D eigenvalue weighted by molar-refractivity contribution is 5.99. The van der Waals surface area contributed by atoms with E-state index >= 15 is 0 Å². The summed E-state index contributed by atoms with van der Waals surface area (Å²) in [6, 6.07) is 5.58. The molecule has 2 aliphatic heterocycles. The van der Waals surface area contributed by atoms with E-state index in [0.717, 1.165) is 11.3 Å². The Morgan fingerprint density at radius 2 is 1.63 bits per heavy atom. The molecule has 0 N–H and O–H groups in total. The number of aryl methyl sites for hydroxylation is 1. The summed E-state index contributed by atoms with van der Waals surface area (Å²) in [5.74, 6) is 0.272. The fourth-order valence-corrected chi connectivity index (χ4v) is 3.70. The Bertz CT molecular complexity index is 758. The summed E-state index contributed by atoms with van der Waals surface area (Å²) in [7, 11) is 1.77. The van der Waals surface area contributed by atoms with Gasteiger partial charge in [-0.3, -0.25) is 14.4 Å². The molecule has 0 spiro atoms. The number of fused-ring (bicyclic) bond motifs is 1. The van der Waals surface area contributed by atoms with Crippen molar-refractivity contribution >= 4 is 23.4 Å². The van der Waals surface area contributed by atoms with Crippen LogP contribution in [-0.2, 0) is 16.0 Å². The van der Waals surface area contributed by atoms with Crippen molar-refractivity contribution in [2.24, 2.45) is 5.41 Å². The topological polar surface area (TPSA) is 60.9 Å². The second kappa shape index (κ2) is 7.33. The standard InChI is InChI=1S/C21H29N3O3/c1-21(2,3)14-19(26)23-9-11-24(12-10-23)20(27)16-5-7-17-15(13-16)6-8-18(25)22(17)4/h5,7,13H,6,8-12,14H2,1-4H3. The highest BCUT2D eigenvalue weighted by atomic mass is 16.2. The minimum absolute atomic E-state index is 0.000253. The average molecular weight is 371 g/mol. The zero-order valence-electron chi connectivity index (χ0n) is 16.7. The van der Waals surface area contributed by atoms with Gasteiger partial charge in [-0.15, -0.1) is 0 Å². The number of anilines is 1. The first kappa shape index (κ1) is 19.4. The van der Waals surface area contributed by atoms with E-state index in [1.807, 2.05) is 21.9 Å². The lowest BCUT2D eigenvalue weighted by molar-refractivity contribution is -0.134. The van der Waals surface area contributed by atoms with Gasteiger partial charge in [-0.05, 0) is 35.6 Å². The molecule has 0 bridgehead atoms. The van der Waals surface area contributed by atoms with Crippen LogP contribution in [0.4, 0.5) is 5.69 Å². The van der Waals surface area contributed by atoms with Gasteiger partial charge in [-0.1, -0.05) is 20.8 Å². The van der Waals surface area contributed by atoms with E-state index in [4.69, 9.17) is 0 Å². The lowest BCUT2D eigenvalue weighted by atomic mass is 9.91. The van der Waals surface area contributed by atoms with Gasteiger partial charge in [0.25, 0.3) is 5.91 Å². The summed E-state index contributed by atoms with van der Waals surface area (Å²) >= 11 is 0. The fourth-order valence-electron chi connectivity index (χ4n) is 3.70. The van der Waals surface area contributed by atoms with Crippen LogP contribution in [0.2, 0.25) is 0 Å². The van der Waals surface area contributed by atoms with Gasteiger partial charge < -0.3 is 14.7 Å². The van der Waals surface area contributed by atoms with E-state index < -0.39 is 0 Å². The van der Waals surface area contributed by atoms with Crippen LogP contribution >= 0.6 is 0 Å². The molecule has 0 radical (unpaired) electrons. The van der Waals surface area contributed by atoms with Crippen molar-refractivity contribution in [3.8, 4) is 0 Å². The Kier molecular flexibility index (Phi) is 5.27. The van der Waals surface area contributed by atoms with Gasteiger partial charge in [0, 0.05) is 57.3 Å². The predicted octanol–water partition coefficient (Wildman–Crippen LogP) is 2.32. The largest absolute Gasteiger partial charge is 0.339 e. The van der Waals surface area contributed by atoms with Crippen molar-refractivity contribution in [1.29, 1.82) is 0 Å². The molecule has 6 heteroatoms. The molecule has 0 saturated carbocycles. The van der Waals surface area contributed by atoms with Crippen molar-refractivity contribution in [2.75, 3.05) is 38.1 Å². The minimum Gasteiger partial charge on any atom is -0.339 e. The van der Waals surface area contributed by atoms with Crippen LogP contribution in [0.1, 0.15) is 49.5 Å². The third-order valence-corrected chi connectivity index (χ3v) is 5.27. The highest BCUT2D eigenvalue weighted by Gasteiger charge is 2.28. The van der Waals surface area contributed by atoms with Gasteiger partial charge in [0.15, 0.2) is 0 Å². The second-order valence-corrected chi connectivity index (χ2v) is 8.71. The zero-order valence-corrected chi connectivity index (χ0v) is 16.7. The van der Waals surface area contributed by atoms with Gasteiger partial charge in [0.05, 0.1) is 0 Å². The fraction of sp³-hybridized carbons (Fsp3) is 0.571. The van der Waals surface area contributed by atoms with E-state index in [-0.39, 0.29) is 23.1 Å². The number of amides is 3. The molecule has 3 rings (SSSR count). The number of piperazine rings is 1. The Hall–Kier alpha value is -2.37. The third-order valence-electron chi connectivity index (χ3n) is 5.27. The highest BCUT2D eigenvalue weighted by Crippen LogP contribution is 2.28. The van der Waals surface area contributed by atoms with Gasteiger partial charge in [0.1, 0.15) is 0 Å². The monoisotopic (exact) mass is 371 g/mol. The molecule has 0 unspecified atom stereocenters. The van der Waals surface area contributed by atoms with Crippen molar-refractivity contribution < 1.29 is 14.4 Å². The molecule has 0 atom stereocenters. The summed E-state index contributed by atoms with van der Waals surface area (Å²) < 4.78 is 0. The molecule has 1 fully saturated rings. The van der Waals surface area contributed by atoms with Crippen LogP contribution in [0.15, 0.2) is 18.2 Å². The van der Waals surface area contributed by atoms with Gasteiger partial charge in [-0.25, -0.2) is 0 Å². The van der Waals surface area contributed by atoms with Crippen LogP contribution in [-0.4, -0.2) is 60.7 Å². The molecule has 3 amide bonds. The van der Waals surface area contributed by atoms with Gasteiger partial charge in [-0.2, -0.15) is 0 Å². The predicted molar refractivity (Wildman–Crippen MR) is 105 cm³/mol. The number of rotatable bonds is 2. The molecule has 2 heterocycles. The maximum atomic E-state index is 12.9. The third kappa shape index (κ3) is 4.31. The van der Waals surface area contributed by atoms with E-state index in [9.17, 15) is 14.4 Å². The number of carbonyl (C=O) groups is 3. The first-order valence-electron chi connectivity index (χ1n) is 9.62. The summed E-state index contributed by atoms with van der Waals surface area (Å²) in [4.78, 5) is 42.4. The SMILES string of the molecule is CN1C(=O)CCc2cc(C(=O)N3CCN(C(=O)CC(C)(C)C)CC3)ccc21. The van der Waals surface area contributed by atoms with Crippen molar-refractivity contribution in [1.82, 2.24) is 9.80 Å². The molecule has 6 nitrogen and oxygen atoms in total. The van der Waals surface area contributed by atoms with Crippen molar-refractivity contribution in [2.45, 2.75) is 40.0 Å². The molecule has 1 aromatic carbocycles. The zero-order chi connectivity index (χ0) is 19.8. The molecule has 0 aliphatic carbocycles. The van der Waals surface area contributed by atoms with E-state index in [0.29, 0.717) is 51.0 Å². The average Bonchev–Trinajstić information content (AvgIpc) is 2.62. The molecule has 0 aromatic heterocycles. The first-order valence-corrected chi connectivity index (χ1v) is 9.62. The molecule has 1 saturated heterocycles. The van der Waals surface area contributed by atoms with Crippen LogP contribution in [0.25, 0.3) is 0 Å². The van der Waals surface area contributed by atoms with Crippen LogP contribution < -0.4 is 4.90 Å². The van der Waals surface area contributed by atoms with E-state index in [2.05, 4.69) is 20.8 Å². The summed E-state index contributed by atoms with van der Waals surface area (Å²) in [6.07, 6.45) is 1.68. The summed E-state index contributed by atoms with van der Waals surface area (Å²) in [5.41, 5.74) is 2.56. The second-order valence-electron chi connectivity index (χ2n) is 8.71. The molecular weight excluding hydrogens is 342 g/mol. The smallest absolute Gasteiger partial charge is 0.253 e. The number of carbonyl (C=O) groups excluding carboxylic acids is 3.